The van der Waals surface area contributed by atoms with Gasteiger partial charge in [0.15, 0.2) is 11.5 Å². The van der Waals surface area contributed by atoms with Crippen molar-refractivity contribution in [2.75, 3.05) is 20.2 Å². The topological polar surface area (TPSA) is 80.6 Å². The lowest BCUT2D eigenvalue weighted by molar-refractivity contribution is 0.0909. The number of Topliss-reactive ketones (excluding diaryl/α,β-unsaturated/α-hetero) is 1. The fourth-order valence-corrected chi connectivity index (χ4v) is 6.83. The highest BCUT2D eigenvalue weighted by atomic mass is 32.1. The number of rotatable bonds is 8. The molecular formula is C33H31N3O4S. The van der Waals surface area contributed by atoms with Crippen LogP contribution in [0.25, 0.3) is 21.0 Å². The lowest BCUT2D eigenvalue weighted by Gasteiger charge is -2.32. The molecule has 5 aromatic rings. The van der Waals surface area contributed by atoms with E-state index in [0.29, 0.717) is 26.0 Å². The van der Waals surface area contributed by atoms with Crippen molar-refractivity contribution in [3.63, 3.8) is 0 Å². The number of nitrogens with zero attached hydrogens (tertiary/aromatic N) is 2. The molecule has 0 radical (unpaired) electrons. The predicted molar refractivity (Wildman–Crippen MR) is 163 cm³/mol. The molecule has 1 aliphatic rings. The van der Waals surface area contributed by atoms with E-state index in [4.69, 9.17) is 4.74 Å². The molecule has 1 saturated heterocycles. The van der Waals surface area contributed by atoms with E-state index in [-0.39, 0.29) is 35.6 Å². The van der Waals surface area contributed by atoms with Crippen molar-refractivity contribution < 1.29 is 14.3 Å². The van der Waals surface area contributed by atoms with Crippen LogP contribution in [0, 0.1) is 0 Å². The van der Waals surface area contributed by atoms with Gasteiger partial charge in [0, 0.05) is 36.6 Å². The number of thiophene rings is 1. The number of fused-ring (bicyclic) bond motifs is 3. The zero-order chi connectivity index (χ0) is 28.3. The van der Waals surface area contributed by atoms with Gasteiger partial charge >= 0.3 is 0 Å². The van der Waals surface area contributed by atoms with E-state index in [1.807, 2.05) is 36.4 Å². The Kier molecular flexibility index (Phi) is 7.67. The Morgan fingerprint density at radius 1 is 0.927 bits per heavy atom. The van der Waals surface area contributed by atoms with Crippen molar-refractivity contribution >= 4 is 44.0 Å². The Morgan fingerprint density at radius 3 is 2.29 bits per heavy atom. The Hall–Kier alpha value is -4.27. The summed E-state index contributed by atoms with van der Waals surface area (Å²) in [5.74, 6) is -0.136. The quantitative estimate of drug-likeness (QED) is 0.251. The molecule has 3 heterocycles. The van der Waals surface area contributed by atoms with Crippen LogP contribution in [0.15, 0.2) is 89.7 Å². The van der Waals surface area contributed by atoms with E-state index >= 15 is 0 Å². The summed E-state index contributed by atoms with van der Waals surface area (Å²) in [5.41, 5.74) is 2.13. The van der Waals surface area contributed by atoms with E-state index in [2.05, 4.69) is 34.5 Å². The maximum Gasteiger partial charge on any atom is 0.265 e. The number of hydrogen-bond donors (Lipinski definition) is 1. The molecule has 208 valence electrons. The van der Waals surface area contributed by atoms with Crippen molar-refractivity contribution in [2.45, 2.75) is 32.0 Å². The van der Waals surface area contributed by atoms with Crippen molar-refractivity contribution in [1.29, 1.82) is 0 Å². The number of nitrogens with one attached hydrogen (secondary N) is 1. The fraction of sp³-hybridized carbons (Fsp3) is 0.242. The number of amides is 1. The molecule has 8 heteroatoms. The van der Waals surface area contributed by atoms with E-state index in [0.717, 1.165) is 37.9 Å². The van der Waals surface area contributed by atoms with Gasteiger partial charge in [0.05, 0.1) is 23.9 Å². The second kappa shape index (κ2) is 11.7. The van der Waals surface area contributed by atoms with Gasteiger partial charge in [0.1, 0.15) is 10.3 Å². The van der Waals surface area contributed by atoms with Crippen LogP contribution in [0.2, 0.25) is 0 Å². The van der Waals surface area contributed by atoms with Crippen LogP contribution in [-0.4, -0.2) is 47.4 Å². The third kappa shape index (κ3) is 5.40. The monoisotopic (exact) mass is 565 g/mol. The zero-order valence-corrected chi connectivity index (χ0v) is 23.7. The van der Waals surface area contributed by atoms with Gasteiger partial charge in [0.25, 0.3) is 11.5 Å². The molecule has 6 rings (SSSR count). The molecule has 2 aromatic heterocycles. The first-order valence-electron chi connectivity index (χ1n) is 13.8. The van der Waals surface area contributed by atoms with Crippen LogP contribution in [0.5, 0.6) is 5.75 Å². The maximum atomic E-state index is 13.9. The van der Waals surface area contributed by atoms with Gasteiger partial charge in [-0.1, -0.05) is 78.9 Å². The minimum atomic E-state index is -0.343. The number of ketones is 1. The lowest BCUT2D eigenvalue weighted by Crippen LogP contribution is -2.44. The SMILES string of the molecule is COc1c(C(=O)NC2CCN(Cc3ccccc3)CC2)sc2c1c(=O)n(CC(=O)c1ccccc1)c1ccccc21. The summed E-state index contributed by atoms with van der Waals surface area (Å²) in [6, 6.07) is 26.9. The molecule has 1 aliphatic heterocycles. The minimum absolute atomic E-state index is 0.0429. The molecule has 0 saturated carbocycles. The van der Waals surface area contributed by atoms with Crippen LogP contribution in [0.3, 0.4) is 0 Å². The van der Waals surface area contributed by atoms with Crippen LogP contribution in [0.4, 0.5) is 0 Å². The lowest BCUT2D eigenvalue weighted by atomic mass is 10.0. The highest BCUT2D eigenvalue weighted by Crippen LogP contribution is 2.39. The Labute approximate surface area is 242 Å². The highest BCUT2D eigenvalue weighted by Gasteiger charge is 2.28. The molecule has 1 amide bonds. The molecule has 1 fully saturated rings. The molecule has 41 heavy (non-hydrogen) atoms. The Balaban J connectivity index is 1.28. The largest absolute Gasteiger partial charge is 0.494 e. The zero-order valence-electron chi connectivity index (χ0n) is 22.8. The van der Waals surface area contributed by atoms with Gasteiger partial charge in [-0.3, -0.25) is 23.9 Å². The molecule has 0 atom stereocenters. The smallest absolute Gasteiger partial charge is 0.265 e. The number of aromatic nitrogens is 1. The van der Waals surface area contributed by atoms with Crippen LogP contribution >= 0.6 is 11.3 Å². The molecule has 7 nitrogen and oxygen atoms in total. The maximum absolute atomic E-state index is 13.9. The number of pyridine rings is 1. The summed E-state index contributed by atoms with van der Waals surface area (Å²) >= 11 is 1.27. The summed E-state index contributed by atoms with van der Waals surface area (Å²) in [4.78, 5) is 43.4. The van der Waals surface area contributed by atoms with E-state index in [9.17, 15) is 14.4 Å². The van der Waals surface area contributed by atoms with E-state index in [1.54, 1.807) is 24.3 Å². The first kappa shape index (κ1) is 26.9. The highest BCUT2D eigenvalue weighted by molar-refractivity contribution is 7.22. The molecule has 3 aromatic carbocycles. The van der Waals surface area contributed by atoms with Crippen LogP contribution < -0.4 is 15.6 Å². The number of carbonyl (C=O) groups is 2. The number of likely N-dealkylation sites (tertiary alicyclic amines) is 1. The van der Waals surface area contributed by atoms with Crippen molar-refractivity contribution in [3.8, 4) is 5.75 Å². The van der Waals surface area contributed by atoms with Crippen molar-refractivity contribution in [2.24, 2.45) is 0 Å². The third-order valence-corrected chi connectivity index (χ3v) is 8.95. The average Bonchev–Trinajstić information content (AvgIpc) is 3.41. The average molecular weight is 566 g/mol. The third-order valence-electron chi connectivity index (χ3n) is 7.74. The molecule has 0 aliphatic carbocycles. The standard InChI is InChI=1S/C33H31N3O4S/c1-40-29-28-30(25-14-8-9-15-26(25)36(33(28)39)21-27(37)23-12-6-3-7-13-23)41-31(29)32(38)34-24-16-18-35(19-17-24)20-22-10-4-2-5-11-22/h2-15,24H,16-21H2,1H3,(H,34,38). The van der Waals surface area contributed by atoms with Gasteiger partial charge < -0.3 is 10.1 Å². The number of para-hydroxylation sites is 1. The fourth-order valence-electron chi connectivity index (χ4n) is 5.63. The summed E-state index contributed by atoms with van der Waals surface area (Å²) in [6.07, 6.45) is 1.70. The minimum Gasteiger partial charge on any atom is -0.494 e. The number of benzene rings is 3. The Morgan fingerprint density at radius 2 is 1.59 bits per heavy atom. The molecule has 0 unspecified atom stereocenters. The summed E-state index contributed by atoms with van der Waals surface area (Å²) in [7, 11) is 1.48. The van der Waals surface area contributed by atoms with Gasteiger partial charge in [-0.25, -0.2) is 0 Å². The van der Waals surface area contributed by atoms with Crippen molar-refractivity contribution in [1.82, 2.24) is 14.8 Å². The summed E-state index contributed by atoms with van der Waals surface area (Å²) in [6.45, 7) is 2.58. The van der Waals surface area contributed by atoms with E-state index < -0.39 is 0 Å². The number of carbonyl (C=O) groups excluding carboxylic acids is 2. The number of hydrogen-bond acceptors (Lipinski definition) is 6. The van der Waals surface area contributed by atoms with Crippen LogP contribution in [-0.2, 0) is 13.1 Å². The van der Waals surface area contributed by atoms with Gasteiger partial charge in [0.2, 0.25) is 0 Å². The first-order valence-corrected chi connectivity index (χ1v) is 14.6. The predicted octanol–water partition coefficient (Wildman–Crippen LogP) is 5.50. The van der Waals surface area contributed by atoms with Crippen molar-refractivity contribution in [3.05, 3.63) is 111 Å². The number of piperidine rings is 1. The number of methoxy groups -OCH3 is 1. The molecular weight excluding hydrogens is 534 g/mol. The second-order valence-electron chi connectivity index (χ2n) is 10.4. The normalized spacial score (nSPS) is 14.4. The van der Waals surface area contributed by atoms with Gasteiger partial charge in [-0.15, -0.1) is 11.3 Å². The molecule has 1 N–H and O–H groups in total. The number of ether oxygens (including phenoxy) is 1. The first-order chi connectivity index (χ1) is 20.0. The summed E-state index contributed by atoms with van der Waals surface area (Å²) in [5, 5.41) is 4.33. The van der Waals surface area contributed by atoms with Gasteiger partial charge in [-0.2, -0.15) is 0 Å². The van der Waals surface area contributed by atoms with Crippen LogP contribution in [0.1, 0.15) is 38.4 Å². The van der Waals surface area contributed by atoms with E-state index in [1.165, 1.54) is 28.6 Å². The summed E-state index contributed by atoms with van der Waals surface area (Å²) < 4.78 is 7.89. The Bertz CT molecular complexity index is 1770. The molecule has 0 spiro atoms. The second-order valence-corrected chi connectivity index (χ2v) is 11.4. The molecule has 0 bridgehead atoms. The van der Waals surface area contributed by atoms with Gasteiger partial charge in [-0.05, 0) is 24.5 Å².